The van der Waals surface area contributed by atoms with Crippen LogP contribution < -0.4 is 21.3 Å². The van der Waals surface area contributed by atoms with Crippen molar-refractivity contribution in [3.8, 4) is 0 Å². The van der Waals surface area contributed by atoms with Gasteiger partial charge in [0.05, 0.1) is 52.9 Å². The molecule has 0 spiro atoms. The number of amides is 16. The molecule has 11 aliphatic heterocycles. The van der Waals surface area contributed by atoms with Gasteiger partial charge in [-0.2, -0.15) is 0 Å². The molecular formula is C48H60N16O26. The first kappa shape index (κ1) is 61.5. The SMILES string of the molecule is CCOC(=O)C12NC(=O)NC1(C(=O)OCC)N1CN3C(=O)N4COCN5C(=O)N(CN6C(=O)N(CN7C(=O)N8COCN9C(=O)N(CN2C1=O)C7(C(=O)OCC)C98C(=O)OCC)C1(C(=O)OCC)NC(=O)NC61C(=O)OCC)C3(C(=O)OCC)C45C(=O)OCC. The summed E-state index contributed by atoms with van der Waals surface area (Å²) < 4.78 is 56.3. The van der Waals surface area contributed by atoms with E-state index in [4.69, 9.17) is 47.4 Å². The summed E-state index contributed by atoms with van der Waals surface area (Å²) in [5, 5.41) is 8.86. The lowest BCUT2D eigenvalue weighted by molar-refractivity contribution is -0.215. The molecule has 42 nitrogen and oxygen atoms in total. The van der Waals surface area contributed by atoms with Crippen LogP contribution >= 0.6 is 0 Å². The highest BCUT2D eigenvalue weighted by Crippen LogP contribution is 2.60. The topological polar surface area (TPSA) is 452 Å². The third-order valence-electron chi connectivity index (χ3n) is 17.2. The molecule has 16 amide bonds. The molecule has 4 bridgehead atoms. The maximum Gasteiger partial charge on any atom is 0.359 e. The van der Waals surface area contributed by atoms with Crippen molar-refractivity contribution in [1.29, 1.82) is 0 Å². The van der Waals surface area contributed by atoms with Gasteiger partial charge in [-0.05, 0) is 55.4 Å². The van der Waals surface area contributed by atoms with Gasteiger partial charge >= 0.3 is 96.0 Å². The summed E-state index contributed by atoms with van der Waals surface area (Å²) in [7, 11) is 0. The van der Waals surface area contributed by atoms with Crippen LogP contribution in [0.5, 0.6) is 0 Å². The van der Waals surface area contributed by atoms with Crippen LogP contribution in [0.3, 0.4) is 0 Å². The molecule has 0 saturated carbocycles. The molecule has 11 aliphatic rings. The van der Waals surface area contributed by atoms with E-state index < -0.39 is 248 Å². The summed E-state index contributed by atoms with van der Waals surface area (Å²) in [6, 6.07) is -13.3. The second-order valence-corrected chi connectivity index (χ2v) is 20.8. The van der Waals surface area contributed by atoms with Gasteiger partial charge in [0, 0.05) is 0 Å². The van der Waals surface area contributed by atoms with Gasteiger partial charge in [0.15, 0.2) is 0 Å². The Hall–Kier alpha value is -10.2. The van der Waals surface area contributed by atoms with Crippen molar-refractivity contribution in [2.75, 3.05) is 106 Å². The fraction of sp³-hybridized carbons (Fsp3) is 0.667. The van der Waals surface area contributed by atoms with E-state index in [0.29, 0.717) is 19.6 Å². The van der Waals surface area contributed by atoms with E-state index in [9.17, 15) is 9.59 Å². The fourth-order valence-corrected chi connectivity index (χ4v) is 14.3. The number of hydrogen-bond donors (Lipinski definition) is 4. The highest BCUT2D eigenvalue weighted by Gasteiger charge is 2.94. The molecule has 0 aromatic heterocycles. The van der Waals surface area contributed by atoms with Crippen LogP contribution in [0.1, 0.15) is 55.4 Å². The van der Waals surface area contributed by atoms with E-state index in [0.717, 1.165) is 0 Å². The summed E-state index contributed by atoms with van der Waals surface area (Å²) in [4.78, 5) is 255. The number of carbonyl (C=O) groups excluding carboxylic acids is 16. The van der Waals surface area contributed by atoms with Crippen molar-refractivity contribution >= 4 is 96.0 Å². The minimum Gasteiger partial charge on any atom is -0.463 e. The molecule has 90 heavy (non-hydrogen) atoms. The van der Waals surface area contributed by atoms with Gasteiger partial charge in [0.2, 0.25) is 0 Å². The van der Waals surface area contributed by atoms with E-state index >= 15 is 67.1 Å². The Balaban J connectivity index is 1.33. The van der Waals surface area contributed by atoms with Crippen molar-refractivity contribution in [3.05, 3.63) is 0 Å². The zero-order valence-corrected chi connectivity index (χ0v) is 49.3. The lowest BCUT2D eigenvalue weighted by Crippen LogP contribution is -2.81. The van der Waals surface area contributed by atoms with Crippen LogP contribution in [0.2, 0.25) is 0 Å². The predicted molar refractivity (Wildman–Crippen MR) is 274 cm³/mol. The lowest BCUT2D eigenvalue weighted by atomic mass is 9.89. The summed E-state index contributed by atoms with van der Waals surface area (Å²) >= 11 is 0. The number of rotatable bonds is 16. The maximum atomic E-state index is 16.6. The normalized spacial score (nSPS) is 32.4. The molecule has 4 N–H and O–H groups in total. The number of hydrogen-bond acceptors (Lipinski definition) is 26. The fourth-order valence-electron chi connectivity index (χ4n) is 14.3. The number of urea groups is 8. The van der Waals surface area contributed by atoms with Crippen molar-refractivity contribution in [1.82, 2.24) is 80.1 Å². The lowest BCUT2D eigenvalue weighted by Gasteiger charge is -2.48. The van der Waals surface area contributed by atoms with Gasteiger partial charge in [-0.15, -0.1) is 0 Å². The molecule has 11 fully saturated rings. The molecule has 488 valence electrons. The third-order valence-corrected chi connectivity index (χ3v) is 17.2. The zero-order valence-electron chi connectivity index (χ0n) is 49.3. The third kappa shape index (κ3) is 6.50. The van der Waals surface area contributed by atoms with E-state index in [1.165, 1.54) is 55.4 Å². The Morgan fingerprint density at radius 1 is 0.289 bits per heavy atom. The average molecular weight is 1280 g/mol. The van der Waals surface area contributed by atoms with Crippen molar-refractivity contribution in [3.63, 3.8) is 0 Å². The van der Waals surface area contributed by atoms with Gasteiger partial charge in [0.1, 0.15) is 53.6 Å². The monoisotopic (exact) mass is 1280 g/mol. The predicted octanol–water partition coefficient (Wildman–Crippen LogP) is -5.15. The van der Waals surface area contributed by atoms with Crippen LogP contribution in [-0.4, -0.2) is 307 Å². The van der Waals surface area contributed by atoms with Gasteiger partial charge in [-0.1, -0.05) is 0 Å². The summed E-state index contributed by atoms with van der Waals surface area (Å²) in [6.45, 7) is -6.86. The Labute approximate surface area is 506 Å². The molecule has 42 heteroatoms. The van der Waals surface area contributed by atoms with E-state index in [1.807, 2.05) is 0 Å². The second kappa shape index (κ2) is 20.7. The zero-order chi connectivity index (χ0) is 65.4. The van der Waals surface area contributed by atoms with Crippen LogP contribution in [0.15, 0.2) is 0 Å². The molecule has 0 aromatic rings. The van der Waals surface area contributed by atoms with Crippen LogP contribution in [0, 0.1) is 0 Å². The summed E-state index contributed by atoms with van der Waals surface area (Å²) in [5.41, 5.74) is -28.3. The molecule has 11 heterocycles. The van der Waals surface area contributed by atoms with Crippen molar-refractivity contribution < 1.29 is 124 Å². The van der Waals surface area contributed by atoms with Gasteiger partial charge < -0.3 is 68.6 Å². The smallest absolute Gasteiger partial charge is 0.359 e. The first-order valence-electron chi connectivity index (χ1n) is 28.2. The molecule has 4 atom stereocenters. The first-order chi connectivity index (χ1) is 42.9. The minimum atomic E-state index is -3.70. The Morgan fingerprint density at radius 3 is 0.644 bits per heavy atom. The Morgan fingerprint density at radius 2 is 0.456 bits per heavy atom. The van der Waals surface area contributed by atoms with Crippen LogP contribution in [-0.2, 0) is 85.7 Å². The van der Waals surface area contributed by atoms with Gasteiger partial charge in [0.25, 0.3) is 45.3 Å². The number of carbonyl (C=O) groups is 16. The number of nitrogens with zero attached hydrogens (tertiary/aromatic N) is 12. The number of nitrogens with one attached hydrogen (secondary N) is 4. The minimum absolute atomic E-state index is 0.197. The number of esters is 8. The average Bonchev–Trinajstić information content (AvgIpc) is 1.48. The Kier molecular flexibility index (Phi) is 14.2. The van der Waals surface area contributed by atoms with E-state index in [2.05, 4.69) is 21.3 Å². The molecule has 11 rings (SSSR count). The molecule has 0 aliphatic carbocycles. The molecule has 11 saturated heterocycles. The van der Waals surface area contributed by atoms with Gasteiger partial charge in [-0.3, -0.25) is 58.8 Å². The molecule has 0 aromatic carbocycles. The standard InChI is InChI=1S/C48H60N16O26/c1-9-83-25(65)41-42(26(66)84-10-2,50-33(73)49-41)54-18-58-38(78)62-22-82-24-64-40(80)60(46(58,30(70)88-14-6)48(62,64)32(72)90-16-8)20-56-36(76)55(43(27(67)85-11-3)44(56,28(68)86-12-4)52-34(74)51-43)19-59-39(79)63-23-81-21-61-37(77)57(17-53(41)35(54)75)45(59,29(69)87-13-5)47(61,63)31(71)89-15-7/h9-24H2,1-8H3,(H2,49,50,73)(H2,51,52,74). The summed E-state index contributed by atoms with van der Waals surface area (Å²) in [5.74, 6) is -14.1. The number of ether oxygens (including phenoxy) is 10. The molecular weight excluding hydrogens is 1220 g/mol. The number of fused-ring (bicyclic) bond motifs is 10. The molecule has 4 unspecified atom stereocenters. The maximum absolute atomic E-state index is 16.6. The highest BCUT2D eigenvalue weighted by molar-refractivity contribution is 6.15. The largest absolute Gasteiger partial charge is 0.463 e. The van der Waals surface area contributed by atoms with Crippen LogP contribution in [0.25, 0.3) is 0 Å². The second-order valence-electron chi connectivity index (χ2n) is 20.8. The molecule has 0 radical (unpaired) electrons. The van der Waals surface area contributed by atoms with Crippen LogP contribution in [0.4, 0.5) is 38.4 Å². The Bertz CT molecular complexity index is 2940. The quantitative estimate of drug-likeness (QED) is 0.0829. The van der Waals surface area contributed by atoms with Gasteiger partial charge in [-0.25, -0.2) is 76.7 Å². The van der Waals surface area contributed by atoms with E-state index in [1.54, 1.807) is 0 Å². The first-order valence-corrected chi connectivity index (χ1v) is 28.2. The summed E-state index contributed by atoms with van der Waals surface area (Å²) in [6.07, 6.45) is 0. The van der Waals surface area contributed by atoms with Crippen molar-refractivity contribution in [2.45, 2.75) is 101 Å². The van der Waals surface area contributed by atoms with Crippen molar-refractivity contribution in [2.24, 2.45) is 0 Å². The van der Waals surface area contributed by atoms with E-state index in [-0.39, 0.29) is 39.2 Å². The highest BCUT2D eigenvalue weighted by atomic mass is 16.6.